The van der Waals surface area contributed by atoms with Crippen molar-refractivity contribution in [2.24, 2.45) is 29.4 Å². The van der Waals surface area contributed by atoms with E-state index in [4.69, 9.17) is 16.2 Å². The minimum atomic E-state index is -3.02. The zero-order valence-corrected chi connectivity index (χ0v) is 31.9. The fraction of sp³-hybridized carbons (Fsp3) is 0.462. The Bertz CT molecular complexity index is 2200. The van der Waals surface area contributed by atoms with Crippen molar-refractivity contribution < 1.29 is 27.9 Å². The van der Waals surface area contributed by atoms with Gasteiger partial charge in [-0.05, 0) is 50.2 Å². The topological polar surface area (TPSA) is 208 Å². The second-order valence-corrected chi connectivity index (χ2v) is 14.3. The zero-order chi connectivity index (χ0) is 40.6. The number of ether oxygens (including phenoxy) is 1. The number of benzene rings is 1. The van der Waals surface area contributed by atoms with Gasteiger partial charge in [0.25, 0.3) is 12.3 Å². The number of alkyl halides is 2. The molecule has 16 nitrogen and oxygen atoms in total. The number of carbonyl (C=O) groups excluding carboxylic acids is 3. The lowest BCUT2D eigenvalue weighted by molar-refractivity contribution is -0.135. The van der Waals surface area contributed by atoms with Crippen molar-refractivity contribution >= 4 is 40.5 Å². The highest BCUT2D eigenvalue weighted by Gasteiger charge is 2.32. The first-order valence-corrected chi connectivity index (χ1v) is 18.9. The van der Waals surface area contributed by atoms with Gasteiger partial charge in [-0.1, -0.05) is 17.9 Å². The molecule has 2 aromatic heterocycles. The largest absolute Gasteiger partial charge is 0.481 e. The van der Waals surface area contributed by atoms with Crippen molar-refractivity contribution in [3.8, 4) is 17.7 Å². The molecule has 2 saturated heterocycles. The highest BCUT2D eigenvalue weighted by atomic mass is 19.3. The van der Waals surface area contributed by atoms with Crippen molar-refractivity contribution in [2.45, 2.75) is 57.0 Å². The van der Waals surface area contributed by atoms with Crippen LogP contribution in [-0.2, 0) is 21.4 Å². The molecular weight excluding hydrogens is 740 g/mol. The Morgan fingerprint density at radius 1 is 1.11 bits per heavy atom. The number of allylic oxidation sites excluding steroid dienone is 2. The van der Waals surface area contributed by atoms with Gasteiger partial charge in [0.15, 0.2) is 5.82 Å². The normalized spacial score (nSPS) is 21.6. The number of nitrogens with one attached hydrogen (secondary N) is 2. The van der Waals surface area contributed by atoms with Gasteiger partial charge < -0.3 is 26.4 Å². The first-order chi connectivity index (χ1) is 27.5. The fourth-order valence-electron chi connectivity index (χ4n) is 7.49. The predicted octanol–water partition coefficient (Wildman–Crippen LogP) is 1.27. The van der Waals surface area contributed by atoms with Crippen molar-refractivity contribution in [3.05, 3.63) is 69.9 Å². The van der Waals surface area contributed by atoms with E-state index in [2.05, 4.69) is 47.2 Å². The molecule has 6 rings (SSSR count). The summed E-state index contributed by atoms with van der Waals surface area (Å²) in [6.07, 6.45) is 4.37. The standard InChI is InChI=1S/C39H47F2N11O5/c1-49-34-25(5-3-7-29(34)52(39(49)56)30-12-13-31(53)47-38(30)55)6-4-16-50-17-19-51(20-18-50)23-24-8-10-26(11-9-24)45-22-28(33(43)35(40)41)46-37(54)27(21-42)36-44-15-14-32(48-36)57-2/h3,5,7,14-15,21-22,24,26,30,35H,8-13,16-20,23,42-43H2,1-2H3,(H,46,54)(H,47,53,55). The Hall–Kier alpha value is -5.93. The maximum Gasteiger partial charge on any atom is 0.329 e. The number of carbonyl (C=O) groups is 3. The van der Waals surface area contributed by atoms with Crippen LogP contribution in [0.2, 0.25) is 0 Å². The van der Waals surface area contributed by atoms with Gasteiger partial charge in [0, 0.05) is 70.9 Å². The van der Waals surface area contributed by atoms with Crippen LogP contribution in [0.1, 0.15) is 56.0 Å². The summed E-state index contributed by atoms with van der Waals surface area (Å²) in [5, 5.41) is 4.74. The van der Waals surface area contributed by atoms with Crippen LogP contribution in [0, 0.1) is 17.8 Å². The number of piperazine rings is 1. The number of rotatable bonds is 11. The number of aliphatic imine (C=N–C) groups is 1. The zero-order valence-electron chi connectivity index (χ0n) is 31.9. The molecule has 3 fully saturated rings. The summed E-state index contributed by atoms with van der Waals surface area (Å²) in [5.41, 5.74) is 11.7. The molecule has 1 aromatic carbocycles. The lowest BCUT2D eigenvalue weighted by Crippen LogP contribution is -2.48. The van der Waals surface area contributed by atoms with Crippen LogP contribution in [0.25, 0.3) is 16.6 Å². The number of para-hydroxylation sites is 1. The molecule has 3 aromatic rings. The third kappa shape index (κ3) is 9.55. The molecule has 302 valence electrons. The molecule has 0 bridgehead atoms. The van der Waals surface area contributed by atoms with E-state index in [0.717, 1.165) is 64.6 Å². The molecule has 0 radical (unpaired) electrons. The molecule has 1 unspecified atom stereocenters. The lowest BCUT2D eigenvalue weighted by atomic mass is 9.86. The summed E-state index contributed by atoms with van der Waals surface area (Å²) in [7, 11) is 3.07. The number of aryl methyl sites for hydroxylation is 1. The number of hydrogen-bond donors (Lipinski definition) is 4. The molecule has 6 N–H and O–H groups in total. The van der Waals surface area contributed by atoms with Gasteiger partial charge in [-0.25, -0.2) is 18.6 Å². The summed E-state index contributed by atoms with van der Waals surface area (Å²) in [4.78, 5) is 67.9. The third-order valence-electron chi connectivity index (χ3n) is 10.6. The SMILES string of the molecule is COc1ccnc(C(=CN)C(=O)NC(C=NC2CCC(CN3CCN(CC#Cc4cccc5c4n(C)c(=O)n5C4CCC(=O)NC4=O)CC3)CC2)=C(N)C(F)F)n1. The second kappa shape index (κ2) is 18.3. The van der Waals surface area contributed by atoms with E-state index >= 15 is 0 Å². The second-order valence-electron chi connectivity index (χ2n) is 14.3. The summed E-state index contributed by atoms with van der Waals surface area (Å²) in [5.74, 6) is 5.52. The number of nitrogens with zero attached hydrogens (tertiary/aromatic N) is 7. The Kier molecular flexibility index (Phi) is 13.1. The minimum Gasteiger partial charge on any atom is -0.481 e. The van der Waals surface area contributed by atoms with Crippen molar-refractivity contribution in [1.82, 2.24) is 39.5 Å². The first kappa shape index (κ1) is 40.7. The van der Waals surface area contributed by atoms with E-state index in [1.54, 1.807) is 13.1 Å². The molecule has 18 heteroatoms. The number of imidazole rings is 1. The molecule has 2 aliphatic heterocycles. The molecule has 1 saturated carbocycles. The monoisotopic (exact) mass is 787 g/mol. The highest BCUT2D eigenvalue weighted by molar-refractivity contribution is 6.19. The van der Waals surface area contributed by atoms with Crippen LogP contribution < -0.4 is 32.5 Å². The summed E-state index contributed by atoms with van der Waals surface area (Å²) in [6.45, 7) is 5.05. The van der Waals surface area contributed by atoms with Gasteiger partial charge in [-0.3, -0.25) is 38.7 Å². The van der Waals surface area contributed by atoms with E-state index in [0.29, 0.717) is 29.1 Å². The number of aromatic nitrogens is 4. The van der Waals surface area contributed by atoms with Crippen LogP contribution in [-0.4, -0.2) is 112 Å². The van der Waals surface area contributed by atoms with Crippen LogP contribution in [0.5, 0.6) is 5.88 Å². The molecule has 4 heterocycles. The van der Waals surface area contributed by atoms with E-state index in [-0.39, 0.29) is 53.5 Å². The maximum atomic E-state index is 13.7. The number of imide groups is 1. The van der Waals surface area contributed by atoms with Crippen LogP contribution in [0.15, 0.2) is 57.8 Å². The first-order valence-electron chi connectivity index (χ1n) is 18.9. The quantitative estimate of drug-likeness (QED) is 0.0942. The van der Waals surface area contributed by atoms with E-state index in [1.165, 1.54) is 34.7 Å². The molecule has 57 heavy (non-hydrogen) atoms. The molecular formula is C39H47F2N11O5. The Morgan fingerprint density at radius 2 is 1.84 bits per heavy atom. The Morgan fingerprint density at radius 3 is 2.53 bits per heavy atom. The molecule has 3 amide bonds. The summed E-state index contributed by atoms with van der Waals surface area (Å²) >= 11 is 0. The van der Waals surface area contributed by atoms with Crippen LogP contribution >= 0.6 is 0 Å². The highest BCUT2D eigenvalue weighted by Crippen LogP contribution is 2.28. The number of halogens is 2. The molecule has 1 atom stereocenters. The average Bonchev–Trinajstić information content (AvgIpc) is 3.46. The van der Waals surface area contributed by atoms with Gasteiger partial charge in [-0.15, -0.1) is 0 Å². The van der Waals surface area contributed by atoms with E-state index in [1.807, 2.05) is 12.1 Å². The summed E-state index contributed by atoms with van der Waals surface area (Å²) in [6, 6.07) is 6.11. The van der Waals surface area contributed by atoms with Gasteiger partial charge in [0.1, 0.15) is 11.7 Å². The lowest BCUT2D eigenvalue weighted by Gasteiger charge is -2.37. The number of methoxy groups -OCH3 is 1. The number of amides is 3. The predicted molar refractivity (Wildman–Crippen MR) is 209 cm³/mol. The third-order valence-corrected chi connectivity index (χ3v) is 10.6. The fourth-order valence-corrected chi connectivity index (χ4v) is 7.49. The number of fused-ring (bicyclic) bond motifs is 1. The van der Waals surface area contributed by atoms with Gasteiger partial charge in [-0.2, -0.15) is 4.98 Å². The van der Waals surface area contributed by atoms with E-state index < -0.39 is 30.0 Å². The maximum absolute atomic E-state index is 13.7. The Balaban J connectivity index is 0.980. The van der Waals surface area contributed by atoms with Crippen LogP contribution in [0.3, 0.4) is 0 Å². The van der Waals surface area contributed by atoms with Crippen molar-refractivity contribution in [1.29, 1.82) is 0 Å². The Labute approximate surface area is 328 Å². The minimum absolute atomic E-state index is 0.0452. The van der Waals surface area contributed by atoms with Gasteiger partial charge >= 0.3 is 5.69 Å². The molecule has 1 aliphatic carbocycles. The molecule has 0 spiro atoms. The van der Waals surface area contributed by atoms with Crippen molar-refractivity contribution in [2.75, 3.05) is 46.4 Å². The smallest absolute Gasteiger partial charge is 0.329 e. The van der Waals surface area contributed by atoms with Gasteiger partial charge in [0.05, 0.1) is 47.6 Å². The molecule has 3 aliphatic rings. The van der Waals surface area contributed by atoms with Gasteiger partial charge in [0.2, 0.25) is 17.7 Å². The van der Waals surface area contributed by atoms with Crippen LogP contribution in [0.4, 0.5) is 8.78 Å². The van der Waals surface area contributed by atoms with E-state index in [9.17, 15) is 28.0 Å². The number of piperidine rings is 1. The number of nitrogens with two attached hydrogens (primary N) is 2. The number of hydrogen-bond acceptors (Lipinski definition) is 12. The van der Waals surface area contributed by atoms with Crippen molar-refractivity contribution in [3.63, 3.8) is 0 Å². The summed E-state index contributed by atoms with van der Waals surface area (Å²) < 4.78 is 35.4. The average molecular weight is 788 g/mol.